The van der Waals surface area contributed by atoms with E-state index in [0.29, 0.717) is 0 Å². The van der Waals surface area contributed by atoms with Crippen LogP contribution in [0, 0.1) is 23.7 Å². The molecule has 188 valence electrons. The molecule has 1 saturated heterocycles. The third kappa shape index (κ3) is 6.58. The first-order valence-electron chi connectivity index (χ1n) is 13.9. The Hall–Kier alpha value is 0.487. The number of hydrogen-bond donors (Lipinski definition) is 1. The van der Waals surface area contributed by atoms with Crippen LogP contribution in [0.5, 0.6) is 0 Å². The van der Waals surface area contributed by atoms with Crippen LogP contribution >= 0.6 is 11.8 Å². The van der Waals surface area contributed by atoms with Crippen LogP contribution in [-0.2, 0) is 4.74 Å². The molecule has 0 spiro atoms. The van der Waals surface area contributed by atoms with Gasteiger partial charge < -0.3 is 9.72 Å². The van der Waals surface area contributed by atoms with E-state index in [9.17, 15) is 0 Å². The van der Waals surface area contributed by atoms with E-state index in [0.717, 1.165) is 46.3 Å². The molecule has 0 aromatic carbocycles. The highest BCUT2D eigenvalue weighted by atomic mass is 32.2. The van der Waals surface area contributed by atoms with Gasteiger partial charge in [-0.1, -0.05) is 52.5 Å². The molecule has 0 radical (unpaired) electrons. The fourth-order valence-electron chi connectivity index (χ4n) is 7.70. The summed E-state index contributed by atoms with van der Waals surface area (Å²) >= 11 is 2.46. The third-order valence-electron chi connectivity index (χ3n) is 8.84. The number of thioether (sulfide) groups is 1. The average Bonchev–Trinajstić information content (AvgIpc) is 3.13. The van der Waals surface area contributed by atoms with Crippen molar-refractivity contribution in [3.63, 3.8) is 0 Å². The average molecular weight is 482 g/mol. The highest BCUT2D eigenvalue weighted by Gasteiger charge is 2.61. The van der Waals surface area contributed by atoms with Crippen LogP contribution in [0.25, 0.3) is 0 Å². The lowest BCUT2D eigenvalue weighted by Crippen LogP contribution is -2.61. The summed E-state index contributed by atoms with van der Waals surface area (Å²) in [6, 6.07) is 1.45. The van der Waals surface area contributed by atoms with Crippen LogP contribution in [0.1, 0.15) is 107 Å². The highest BCUT2D eigenvalue weighted by Crippen LogP contribution is 2.65. The monoisotopic (exact) mass is 481 g/mol. The van der Waals surface area contributed by atoms with Crippen molar-refractivity contribution >= 4 is 20.0 Å². The maximum absolute atomic E-state index is 5.94. The molecule has 0 bridgehead atoms. The second-order valence-electron chi connectivity index (χ2n) is 13.8. The predicted octanol–water partition coefficient (Wildman–Crippen LogP) is 8.27. The zero-order valence-electron chi connectivity index (χ0n) is 22.9. The third-order valence-corrected chi connectivity index (χ3v) is 16.0. The molecule has 3 aliphatic rings. The first-order chi connectivity index (χ1) is 14.8. The van der Waals surface area contributed by atoms with Crippen molar-refractivity contribution in [1.29, 1.82) is 0 Å². The molecule has 3 fully saturated rings. The Balaban J connectivity index is 1.65. The largest absolute Gasteiger partial charge is 0.376 e. The van der Waals surface area contributed by atoms with E-state index in [-0.39, 0.29) is 11.1 Å². The van der Waals surface area contributed by atoms with E-state index in [2.05, 4.69) is 78.7 Å². The Morgan fingerprint density at radius 2 is 1.56 bits per heavy atom. The van der Waals surface area contributed by atoms with Gasteiger partial charge in [-0.15, -0.1) is 0 Å². The van der Waals surface area contributed by atoms with Crippen LogP contribution in [0.2, 0.25) is 18.1 Å². The van der Waals surface area contributed by atoms with Gasteiger partial charge in [0, 0.05) is 22.6 Å². The summed E-state index contributed by atoms with van der Waals surface area (Å²) in [4.78, 5) is 4.34. The molecule has 0 aromatic heterocycles. The van der Waals surface area contributed by atoms with Gasteiger partial charge in [0.25, 0.3) is 0 Å². The normalized spacial score (nSPS) is 37.2. The van der Waals surface area contributed by atoms with Crippen LogP contribution in [0.15, 0.2) is 0 Å². The molecule has 1 heterocycles. The summed E-state index contributed by atoms with van der Waals surface area (Å²) < 4.78 is 5.94. The fraction of sp³-hybridized carbons (Fsp3) is 1.00. The topological polar surface area (TPSA) is 21.3 Å². The van der Waals surface area contributed by atoms with Gasteiger partial charge in [0.1, 0.15) is 8.24 Å². The van der Waals surface area contributed by atoms with E-state index in [4.69, 9.17) is 4.74 Å². The Morgan fingerprint density at radius 1 is 0.906 bits per heavy atom. The summed E-state index contributed by atoms with van der Waals surface area (Å²) in [5.41, 5.74) is 1.16. The number of rotatable bonds is 9. The minimum Gasteiger partial charge on any atom is -0.376 e. The smallest absolute Gasteiger partial charge is 0.127 e. The first kappa shape index (κ1) is 27.1. The van der Waals surface area contributed by atoms with Gasteiger partial charge in [-0.3, -0.25) is 0 Å². The molecule has 32 heavy (non-hydrogen) atoms. The van der Waals surface area contributed by atoms with E-state index < -0.39 is 8.24 Å². The Kier molecular flexibility index (Phi) is 8.99. The number of nitrogens with one attached hydrogen (secondary N) is 1. The molecule has 3 rings (SSSR count). The van der Waals surface area contributed by atoms with Crippen molar-refractivity contribution in [2.75, 3.05) is 6.61 Å². The van der Waals surface area contributed by atoms with Crippen LogP contribution in [0.3, 0.4) is 0 Å². The van der Waals surface area contributed by atoms with Crippen molar-refractivity contribution in [2.24, 2.45) is 23.7 Å². The van der Waals surface area contributed by atoms with Crippen molar-refractivity contribution < 1.29 is 4.74 Å². The first-order valence-corrected chi connectivity index (χ1v) is 17.6. The summed E-state index contributed by atoms with van der Waals surface area (Å²) in [7, 11) is -1.61. The van der Waals surface area contributed by atoms with Crippen molar-refractivity contribution in [3.8, 4) is 0 Å². The maximum atomic E-state index is 5.94. The number of hydrogen-bond acceptors (Lipinski definition) is 3. The summed E-state index contributed by atoms with van der Waals surface area (Å²) in [6.07, 6.45) is 11.3. The standard InChI is InChI=1S/C28H55NOSSi/c1-20-21(2)26(25-24(20)22-16-12-13-17-23(22)31-25)32(9,29-27(3,4)5)19-15-11-10-14-18-30-28(6,7)8/h20-26,29H,10-19H2,1-9H3. The minimum absolute atomic E-state index is 0.00405. The molecule has 2 saturated carbocycles. The van der Waals surface area contributed by atoms with Crippen molar-refractivity contribution in [1.82, 2.24) is 4.98 Å². The lowest BCUT2D eigenvalue weighted by atomic mass is 9.75. The van der Waals surface area contributed by atoms with Crippen LogP contribution in [-0.4, -0.2) is 36.5 Å². The molecule has 0 amide bonds. The van der Waals surface area contributed by atoms with E-state index in [1.54, 1.807) is 0 Å². The molecule has 8 unspecified atom stereocenters. The molecule has 2 aliphatic carbocycles. The summed E-state index contributed by atoms with van der Waals surface area (Å²) in [5, 5.41) is 1.91. The van der Waals surface area contributed by atoms with Gasteiger partial charge in [0.15, 0.2) is 0 Å². The molecular weight excluding hydrogens is 426 g/mol. The second kappa shape index (κ2) is 10.6. The zero-order valence-corrected chi connectivity index (χ0v) is 24.7. The molecule has 8 atom stereocenters. The van der Waals surface area contributed by atoms with Gasteiger partial charge in [-0.05, 0) is 96.1 Å². The number of unbranched alkanes of at least 4 members (excludes halogenated alkanes) is 3. The molecule has 4 heteroatoms. The summed E-state index contributed by atoms with van der Waals surface area (Å²) in [6.45, 7) is 22.6. The van der Waals surface area contributed by atoms with Gasteiger partial charge in [-0.25, -0.2) is 0 Å². The highest BCUT2D eigenvalue weighted by molar-refractivity contribution is 8.01. The van der Waals surface area contributed by atoms with Crippen molar-refractivity contribution in [3.05, 3.63) is 0 Å². The van der Waals surface area contributed by atoms with E-state index in [1.807, 2.05) is 0 Å². The molecule has 2 nitrogen and oxygen atoms in total. The van der Waals surface area contributed by atoms with Gasteiger partial charge in [0.05, 0.1) is 5.60 Å². The lowest BCUT2D eigenvalue weighted by molar-refractivity contribution is -0.00471. The van der Waals surface area contributed by atoms with Crippen LogP contribution < -0.4 is 4.98 Å². The maximum Gasteiger partial charge on any atom is 0.127 e. The predicted molar refractivity (Wildman–Crippen MR) is 146 cm³/mol. The Morgan fingerprint density at radius 3 is 2.22 bits per heavy atom. The van der Waals surface area contributed by atoms with E-state index in [1.165, 1.54) is 57.4 Å². The number of fused-ring (bicyclic) bond motifs is 3. The zero-order chi connectivity index (χ0) is 23.7. The number of ether oxygens (including phenoxy) is 1. The lowest BCUT2D eigenvalue weighted by Gasteiger charge is -2.44. The second-order valence-corrected chi connectivity index (χ2v) is 19.5. The van der Waals surface area contributed by atoms with Gasteiger partial charge in [-0.2, -0.15) is 11.8 Å². The van der Waals surface area contributed by atoms with Crippen molar-refractivity contribution in [2.45, 2.75) is 147 Å². The minimum atomic E-state index is -1.61. The Bertz CT molecular complexity index is 599. The van der Waals surface area contributed by atoms with E-state index >= 15 is 0 Å². The molecule has 0 aromatic rings. The molecular formula is C28H55NOSSi. The SMILES string of the molecule is CC1C(C)C([Si](C)(CCCCCCOC(C)(C)C)NC(C)(C)C)C2SC3CCCCC3C12. The molecule has 1 N–H and O–H groups in total. The quantitative estimate of drug-likeness (QED) is 0.264. The van der Waals surface area contributed by atoms with Gasteiger partial charge in [0.2, 0.25) is 0 Å². The fourth-order valence-corrected chi connectivity index (χ4v) is 16.8. The summed E-state index contributed by atoms with van der Waals surface area (Å²) in [5.74, 6) is 3.81. The Labute approximate surface area is 206 Å². The molecule has 1 aliphatic heterocycles. The van der Waals surface area contributed by atoms with Gasteiger partial charge >= 0.3 is 0 Å². The van der Waals surface area contributed by atoms with Crippen LogP contribution in [0.4, 0.5) is 0 Å².